The molecule has 0 unspecified atom stereocenters. The summed E-state index contributed by atoms with van der Waals surface area (Å²) in [4.78, 5) is 0. The number of aliphatic hydroxyl groups excluding tert-OH is 1. The summed E-state index contributed by atoms with van der Waals surface area (Å²) in [7, 11) is -2.83. The van der Waals surface area contributed by atoms with Gasteiger partial charge in [-0.25, -0.2) is 8.42 Å². The molecule has 1 saturated heterocycles. The van der Waals surface area contributed by atoms with E-state index in [1.54, 1.807) is 11.3 Å². The zero-order valence-electron chi connectivity index (χ0n) is 14.7. The minimum Gasteiger partial charge on any atom is -0.392 e. The number of aliphatic hydroxyl groups is 1. The van der Waals surface area contributed by atoms with Gasteiger partial charge in [0.05, 0.1) is 18.1 Å². The third-order valence-electron chi connectivity index (χ3n) is 5.39. The summed E-state index contributed by atoms with van der Waals surface area (Å²) in [5, 5.41) is 12.8. The average molecular weight is 387 g/mol. The van der Waals surface area contributed by atoms with Crippen molar-refractivity contribution in [2.75, 3.05) is 11.5 Å². The molecule has 0 amide bonds. The van der Waals surface area contributed by atoms with Crippen molar-refractivity contribution < 1.29 is 13.5 Å². The molecular formula is C21H22O3S2. The van der Waals surface area contributed by atoms with Gasteiger partial charge in [0, 0.05) is 15.6 Å². The molecule has 136 valence electrons. The number of thiophene rings is 1. The van der Waals surface area contributed by atoms with E-state index in [9.17, 15) is 13.5 Å². The van der Waals surface area contributed by atoms with Crippen LogP contribution in [0.2, 0.25) is 0 Å². The summed E-state index contributed by atoms with van der Waals surface area (Å²) in [6.07, 6.45) is 1.45. The summed E-state index contributed by atoms with van der Waals surface area (Å²) in [5.41, 5.74) is 5.80. The zero-order chi connectivity index (χ0) is 18.3. The van der Waals surface area contributed by atoms with Crippen LogP contribution in [0.1, 0.15) is 35.4 Å². The lowest BCUT2D eigenvalue weighted by atomic mass is 9.89. The van der Waals surface area contributed by atoms with Gasteiger partial charge in [0.15, 0.2) is 0 Å². The Kier molecular flexibility index (Phi) is 4.63. The molecule has 0 saturated carbocycles. The fourth-order valence-electron chi connectivity index (χ4n) is 3.85. The van der Waals surface area contributed by atoms with E-state index in [4.69, 9.17) is 0 Å². The summed E-state index contributed by atoms with van der Waals surface area (Å²) in [6, 6.07) is 12.7. The lowest BCUT2D eigenvalue weighted by Crippen LogP contribution is -2.22. The molecule has 0 spiro atoms. The van der Waals surface area contributed by atoms with E-state index in [2.05, 4.69) is 42.6 Å². The highest BCUT2D eigenvalue weighted by molar-refractivity contribution is 7.91. The van der Waals surface area contributed by atoms with Crippen LogP contribution < -0.4 is 0 Å². The fourth-order valence-corrected chi connectivity index (χ4v) is 6.28. The Hall–Kier alpha value is -1.69. The maximum absolute atomic E-state index is 11.7. The molecule has 1 aliphatic heterocycles. The van der Waals surface area contributed by atoms with Crippen LogP contribution in [0.5, 0.6) is 0 Å². The molecule has 3 aromatic rings. The van der Waals surface area contributed by atoms with Crippen LogP contribution in [-0.4, -0.2) is 25.0 Å². The number of fused-ring (bicyclic) bond motifs is 1. The third kappa shape index (κ3) is 3.31. The van der Waals surface area contributed by atoms with Crippen LogP contribution in [0.15, 0.2) is 41.8 Å². The first kappa shape index (κ1) is 17.7. The largest absolute Gasteiger partial charge is 0.392 e. The monoisotopic (exact) mass is 386 g/mol. The second-order valence-corrected chi connectivity index (χ2v) is 10.4. The summed E-state index contributed by atoms with van der Waals surface area (Å²) < 4.78 is 24.5. The van der Waals surface area contributed by atoms with Crippen molar-refractivity contribution in [3.63, 3.8) is 0 Å². The van der Waals surface area contributed by atoms with Gasteiger partial charge >= 0.3 is 0 Å². The van der Waals surface area contributed by atoms with Crippen LogP contribution in [0.4, 0.5) is 0 Å². The fraction of sp³-hybridized carbons (Fsp3) is 0.333. The molecule has 0 aliphatic carbocycles. The zero-order valence-corrected chi connectivity index (χ0v) is 16.4. The van der Waals surface area contributed by atoms with Crippen LogP contribution >= 0.6 is 11.3 Å². The lowest BCUT2D eigenvalue weighted by molar-refractivity contribution is 0.282. The Bertz CT molecular complexity index is 1050. The average Bonchev–Trinajstić information content (AvgIpc) is 3.04. The van der Waals surface area contributed by atoms with Crippen molar-refractivity contribution in [1.29, 1.82) is 0 Å². The van der Waals surface area contributed by atoms with Crippen molar-refractivity contribution >= 4 is 31.3 Å². The van der Waals surface area contributed by atoms with E-state index < -0.39 is 9.84 Å². The molecule has 0 atom stereocenters. The van der Waals surface area contributed by atoms with Crippen molar-refractivity contribution in [3.05, 3.63) is 58.5 Å². The van der Waals surface area contributed by atoms with E-state index >= 15 is 0 Å². The van der Waals surface area contributed by atoms with Crippen LogP contribution in [-0.2, 0) is 16.4 Å². The Morgan fingerprint density at radius 2 is 1.85 bits per heavy atom. The number of aryl methyl sites for hydroxylation is 1. The number of benzene rings is 2. The number of hydrogen-bond donors (Lipinski definition) is 1. The molecular weight excluding hydrogens is 364 g/mol. The highest BCUT2D eigenvalue weighted by Crippen LogP contribution is 2.38. The maximum Gasteiger partial charge on any atom is 0.150 e. The van der Waals surface area contributed by atoms with Crippen molar-refractivity contribution in [1.82, 2.24) is 0 Å². The second-order valence-electron chi connectivity index (χ2n) is 7.14. The van der Waals surface area contributed by atoms with E-state index in [1.807, 2.05) is 6.07 Å². The van der Waals surface area contributed by atoms with Crippen LogP contribution in [0.25, 0.3) is 21.2 Å². The predicted octanol–water partition coefficient (Wildman–Crippen LogP) is 4.66. The summed E-state index contributed by atoms with van der Waals surface area (Å²) in [6.45, 7) is 2.17. The Balaban J connectivity index is 1.69. The minimum absolute atomic E-state index is 0.0493. The first-order valence-corrected chi connectivity index (χ1v) is 11.6. The van der Waals surface area contributed by atoms with Gasteiger partial charge in [0.25, 0.3) is 0 Å². The van der Waals surface area contributed by atoms with Gasteiger partial charge < -0.3 is 5.11 Å². The molecule has 1 aliphatic rings. The molecule has 2 aromatic carbocycles. The molecule has 1 fully saturated rings. The Morgan fingerprint density at radius 3 is 2.54 bits per heavy atom. The second kappa shape index (κ2) is 6.80. The van der Waals surface area contributed by atoms with E-state index in [-0.39, 0.29) is 6.61 Å². The minimum atomic E-state index is -2.83. The highest BCUT2D eigenvalue weighted by atomic mass is 32.2. The standard InChI is InChI=1S/C21H22O3S2/c1-14-10-17(16-6-8-26(23,24)9-7-16)3-4-18(14)20-13-25-21-5-2-15(12-22)11-19(20)21/h2-5,10-11,13,16,22H,6-9,12H2,1H3. The van der Waals surface area contributed by atoms with Crippen molar-refractivity contribution in [2.45, 2.75) is 32.3 Å². The number of sulfone groups is 1. The number of rotatable bonds is 3. The SMILES string of the molecule is Cc1cc(C2CCS(=O)(=O)CC2)ccc1-c1csc2ccc(CO)cc12. The van der Waals surface area contributed by atoms with Gasteiger partial charge in [0.1, 0.15) is 9.84 Å². The quantitative estimate of drug-likeness (QED) is 0.712. The normalized spacial score (nSPS) is 17.6. The molecule has 3 nitrogen and oxygen atoms in total. The van der Waals surface area contributed by atoms with Gasteiger partial charge in [-0.05, 0) is 65.4 Å². The predicted molar refractivity (Wildman–Crippen MR) is 109 cm³/mol. The Morgan fingerprint density at radius 1 is 1.08 bits per heavy atom. The number of hydrogen-bond acceptors (Lipinski definition) is 4. The molecule has 0 radical (unpaired) electrons. The maximum atomic E-state index is 11.7. The molecule has 1 aromatic heterocycles. The first-order valence-electron chi connectivity index (χ1n) is 8.89. The molecule has 4 rings (SSSR count). The molecule has 0 bridgehead atoms. The third-order valence-corrected chi connectivity index (χ3v) is 8.07. The smallest absolute Gasteiger partial charge is 0.150 e. The van der Waals surface area contributed by atoms with Crippen molar-refractivity contribution in [2.24, 2.45) is 0 Å². The molecule has 1 N–H and O–H groups in total. The van der Waals surface area contributed by atoms with Gasteiger partial charge in [-0.2, -0.15) is 0 Å². The highest BCUT2D eigenvalue weighted by Gasteiger charge is 2.25. The van der Waals surface area contributed by atoms with E-state index in [0.29, 0.717) is 17.4 Å². The summed E-state index contributed by atoms with van der Waals surface area (Å²) in [5.74, 6) is 0.946. The molecule has 26 heavy (non-hydrogen) atoms. The Labute approximate surface area is 158 Å². The van der Waals surface area contributed by atoms with Gasteiger partial charge in [0.2, 0.25) is 0 Å². The topological polar surface area (TPSA) is 54.4 Å². The summed E-state index contributed by atoms with van der Waals surface area (Å²) >= 11 is 1.72. The van der Waals surface area contributed by atoms with Gasteiger partial charge in [-0.1, -0.05) is 24.3 Å². The van der Waals surface area contributed by atoms with Crippen LogP contribution in [0, 0.1) is 6.92 Å². The van der Waals surface area contributed by atoms with E-state index in [1.165, 1.54) is 32.3 Å². The molecule has 5 heteroatoms. The van der Waals surface area contributed by atoms with Crippen LogP contribution in [0.3, 0.4) is 0 Å². The first-order chi connectivity index (χ1) is 12.5. The molecule has 2 heterocycles. The van der Waals surface area contributed by atoms with E-state index in [0.717, 1.165) is 18.4 Å². The van der Waals surface area contributed by atoms with Gasteiger partial charge in [-0.15, -0.1) is 11.3 Å². The lowest BCUT2D eigenvalue weighted by Gasteiger charge is -2.23. The van der Waals surface area contributed by atoms with Gasteiger partial charge in [-0.3, -0.25) is 0 Å². The van der Waals surface area contributed by atoms with Crippen molar-refractivity contribution in [3.8, 4) is 11.1 Å².